The smallest absolute Gasteiger partial charge is 0.321 e. The first kappa shape index (κ1) is 8.01. The molecular weight excluding hydrogens is 158 g/mol. The van der Waals surface area contributed by atoms with Gasteiger partial charge in [-0.15, -0.1) is 0 Å². The predicted octanol–water partition coefficient (Wildman–Crippen LogP) is -0.331. The van der Waals surface area contributed by atoms with Crippen molar-refractivity contribution in [3.8, 4) is 0 Å². The average Bonchev–Trinajstić information content (AvgIpc) is 2.75. The van der Waals surface area contributed by atoms with Crippen molar-refractivity contribution >= 4 is 5.97 Å². The lowest BCUT2D eigenvalue weighted by Gasteiger charge is -2.19. The molecule has 4 nitrogen and oxygen atoms in total. The highest BCUT2D eigenvalue weighted by atomic mass is 16.4. The summed E-state index contributed by atoms with van der Waals surface area (Å²) in [6.07, 6.45) is 2.14. The first-order chi connectivity index (χ1) is 5.68. The average molecular weight is 171 g/mol. The molecule has 4 heteroatoms. The molecular formula is C8H13NO3. The quantitative estimate of drug-likeness (QED) is 0.597. The monoisotopic (exact) mass is 171 g/mol. The summed E-state index contributed by atoms with van der Waals surface area (Å²) in [6, 6.07) is -0.00394. The molecule has 0 unspecified atom stereocenters. The maximum absolute atomic E-state index is 10.7. The van der Waals surface area contributed by atoms with Crippen LogP contribution < -0.4 is 0 Å². The zero-order valence-corrected chi connectivity index (χ0v) is 6.81. The fraction of sp³-hybridized carbons (Fsp3) is 0.875. The third kappa shape index (κ3) is 1.32. The van der Waals surface area contributed by atoms with Gasteiger partial charge < -0.3 is 10.2 Å². The van der Waals surface area contributed by atoms with Gasteiger partial charge >= 0.3 is 5.97 Å². The van der Waals surface area contributed by atoms with Crippen LogP contribution in [0.3, 0.4) is 0 Å². The molecule has 2 N–H and O–H groups in total. The molecule has 1 saturated carbocycles. The van der Waals surface area contributed by atoms with E-state index in [1.807, 2.05) is 4.90 Å². The Labute approximate surface area is 70.8 Å². The van der Waals surface area contributed by atoms with Crippen LogP contribution in [0.15, 0.2) is 0 Å². The minimum Gasteiger partial charge on any atom is -0.480 e. The Hall–Kier alpha value is -0.610. The molecule has 1 aliphatic carbocycles. The lowest BCUT2D eigenvalue weighted by Crippen LogP contribution is -2.37. The van der Waals surface area contributed by atoms with E-state index in [0.717, 1.165) is 12.8 Å². The largest absolute Gasteiger partial charge is 0.480 e. The number of likely N-dealkylation sites (tertiary alicyclic amines) is 1. The Balaban J connectivity index is 2.04. The van der Waals surface area contributed by atoms with E-state index in [-0.39, 0.29) is 0 Å². The SMILES string of the molecule is O=C(O)[C@@H]1C[C@@H](O)CN1C1CC1. The third-order valence-corrected chi connectivity index (χ3v) is 2.62. The second-order valence-corrected chi connectivity index (χ2v) is 3.67. The molecule has 1 heterocycles. The summed E-state index contributed by atoms with van der Waals surface area (Å²) in [5.74, 6) is -0.793. The summed E-state index contributed by atoms with van der Waals surface area (Å²) >= 11 is 0. The molecule has 2 fully saturated rings. The number of carboxylic acids is 1. The van der Waals surface area contributed by atoms with E-state index in [4.69, 9.17) is 5.11 Å². The molecule has 0 bridgehead atoms. The highest BCUT2D eigenvalue weighted by Crippen LogP contribution is 2.33. The van der Waals surface area contributed by atoms with Crippen molar-refractivity contribution in [3.63, 3.8) is 0 Å². The van der Waals surface area contributed by atoms with Crippen LogP contribution in [-0.4, -0.2) is 45.8 Å². The molecule has 0 radical (unpaired) electrons. The normalized spacial score (nSPS) is 37.1. The van der Waals surface area contributed by atoms with Gasteiger partial charge in [0, 0.05) is 19.0 Å². The topological polar surface area (TPSA) is 60.8 Å². The van der Waals surface area contributed by atoms with Gasteiger partial charge in [0.2, 0.25) is 0 Å². The van der Waals surface area contributed by atoms with E-state index in [0.29, 0.717) is 19.0 Å². The summed E-state index contributed by atoms with van der Waals surface area (Å²) < 4.78 is 0. The van der Waals surface area contributed by atoms with Crippen molar-refractivity contribution in [2.24, 2.45) is 0 Å². The maximum atomic E-state index is 10.7. The summed E-state index contributed by atoms with van der Waals surface area (Å²) in [4.78, 5) is 12.7. The molecule has 1 aliphatic heterocycles. The van der Waals surface area contributed by atoms with Crippen LogP contribution in [0, 0.1) is 0 Å². The number of β-amino-alcohol motifs (C(OH)–C–C–N with tert-alkyl or cyclic N) is 1. The maximum Gasteiger partial charge on any atom is 0.321 e. The van der Waals surface area contributed by atoms with E-state index < -0.39 is 18.1 Å². The predicted molar refractivity (Wildman–Crippen MR) is 41.8 cm³/mol. The van der Waals surface area contributed by atoms with Crippen molar-refractivity contribution in [1.29, 1.82) is 0 Å². The number of hydrogen-bond donors (Lipinski definition) is 2. The molecule has 12 heavy (non-hydrogen) atoms. The number of carbonyl (C=O) groups is 1. The van der Waals surface area contributed by atoms with E-state index in [9.17, 15) is 9.90 Å². The summed E-state index contributed by atoms with van der Waals surface area (Å²) in [7, 11) is 0. The van der Waals surface area contributed by atoms with Crippen LogP contribution in [0.25, 0.3) is 0 Å². The molecule has 0 amide bonds. The highest BCUT2D eigenvalue weighted by Gasteiger charge is 2.43. The van der Waals surface area contributed by atoms with E-state index in [1.54, 1.807) is 0 Å². The first-order valence-corrected chi connectivity index (χ1v) is 4.35. The second-order valence-electron chi connectivity index (χ2n) is 3.67. The van der Waals surface area contributed by atoms with Crippen molar-refractivity contribution < 1.29 is 15.0 Å². The summed E-state index contributed by atoms with van der Waals surface area (Å²) in [5, 5.41) is 18.1. The molecule has 0 aromatic carbocycles. The van der Waals surface area contributed by atoms with Crippen LogP contribution in [0.1, 0.15) is 19.3 Å². The van der Waals surface area contributed by atoms with Crippen LogP contribution in [0.4, 0.5) is 0 Å². The van der Waals surface area contributed by atoms with Gasteiger partial charge in [-0.1, -0.05) is 0 Å². The Bertz CT molecular complexity index is 202. The number of carboxylic acid groups (broad SMARTS) is 1. The molecule has 68 valence electrons. The standard InChI is InChI=1S/C8H13NO3/c10-6-3-7(8(11)12)9(4-6)5-1-2-5/h5-7,10H,1-4H2,(H,11,12)/t6-,7+/m1/s1. The summed E-state index contributed by atoms with van der Waals surface area (Å²) in [6.45, 7) is 0.543. The Morgan fingerprint density at radius 1 is 1.42 bits per heavy atom. The molecule has 0 aromatic heterocycles. The van der Waals surface area contributed by atoms with Gasteiger partial charge in [-0.25, -0.2) is 0 Å². The van der Waals surface area contributed by atoms with Crippen LogP contribution in [0.2, 0.25) is 0 Å². The van der Waals surface area contributed by atoms with Gasteiger partial charge in [0.1, 0.15) is 6.04 Å². The third-order valence-electron chi connectivity index (χ3n) is 2.62. The Morgan fingerprint density at radius 3 is 2.58 bits per heavy atom. The number of aliphatic hydroxyl groups excluding tert-OH is 1. The molecule has 1 saturated heterocycles. The zero-order chi connectivity index (χ0) is 8.72. The minimum absolute atomic E-state index is 0.395. The van der Waals surface area contributed by atoms with Gasteiger partial charge in [-0.05, 0) is 12.8 Å². The molecule has 0 spiro atoms. The number of aliphatic carboxylic acids is 1. The lowest BCUT2D eigenvalue weighted by molar-refractivity contribution is -0.142. The van der Waals surface area contributed by atoms with E-state index >= 15 is 0 Å². The van der Waals surface area contributed by atoms with Gasteiger partial charge in [0.25, 0.3) is 0 Å². The fourth-order valence-electron chi connectivity index (χ4n) is 1.89. The van der Waals surface area contributed by atoms with Crippen LogP contribution in [0.5, 0.6) is 0 Å². The molecule has 2 aliphatic rings. The van der Waals surface area contributed by atoms with Crippen molar-refractivity contribution in [2.45, 2.75) is 37.5 Å². The second kappa shape index (κ2) is 2.71. The zero-order valence-electron chi connectivity index (χ0n) is 6.81. The van der Waals surface area contributed by atoms with Crippen molar-refractivity contribution in [3.05, 3.63) is 0 Å². The number of aliphatic hydroxyl groups is 1. The van der Waals surface area contributed by atoms with Gasteiger partial charge in [-0.3, -0.25) is 9.69 Å². The van der Waals surface area contributed by atoms with Crippen molar-refractivity contribution in [2.75, 3.05) is 6.54 Å². The van der Waals surface area contributed by atoms with Crippen LogP contribution in [-0.2, 0) is 4.79 Å². The first-order valence-electron chi connectivity index (χ1n) is 4.35. The number of hydrogen-bond acceptors (Lipinski definition) is 3. The molecule has 0 aromatic rings. The van der Waals surface area contributed by atoms with Gasteiger partial charge in [0.05, 0.1) is 6.10 Å². The Kier molecular flexibility index (Phi) is 1.81. The molecule has 2 atom stereocenters. The Morgan fingerprint density at radius 2 is 2.08 bits per heavy atom. The van der Waals surface area contributed by atoms with Crippen molar-refractivity contribution in [1.82, 2.24) is 4.90 Å². The molecule has 2 rings (SSSR count). The number of nitrogens with zero attached hydrogens (tertiary/aromatic N) is 1. The number of rotatable bonds is 2. The highest BCUT2D eigenvalue weighted by molar-refractivity contribution is 5.74. The van der Waals surface area contributed by atoms with Gasteiger partial charge in [-0.2, -0.15) is 0 Å². The van der Waals surface area contributed by atoms with E-state index in [1.165, 1.54) is 0 Å². The van der Waals surface area contributed by atoms with Gasteiger partial charge in [0.15, 0.2) is 0 Å². The summed E-state index contributed by atoms with van der Waals surface area (Å²) in [5.41, 5.74) is 0. The fourth-order valence-corrected chi connectivity index (χ4v) is 1.89. The minimum atomic E-state index is -0.793. The lowest BCUT2D eigenvalue weighted by atomic mass is 10.2. The van der Waals surface area contributed by atoms with Crippen LogP contribution >= 0.6 is 0 Å². The van der Waals surface area contributed by atoms with E-state index in [2.05, 4.69) is 0 Å².